The van der Waals surface area contributed by atoms with Crippen molar-refractivity contribution in [3.05, 3.63) is 0 Å². The van der Waals surface area contributed by atoms with Gasteiger partial charge in [-0.15, -0.1) is 0 Å². The molecule has 1 N–H and O–H groups in total. The van der Waals surface area contributed by atoms with Crippen molar-refractivity contribution in [1.29, 1.82) is 0 Å². The molecule has 2 rings (SSSR count). The summed E-state index contributed by atoms with van der Waals surface area (Å²) >= 11 is 1.92. The fourth-order valence-electron chi connectivity index (χ4n) is 2.96. The lowest BCUT2D eigenvalue weighted by molar-refractivity contribution is 0.241. The van der Waals surface area contributed by atoms with Gasteiger partial charge in [-0.05, 0) is 31.1 Å². The zero-order chi connectivity index (χ0) is 12.3. The molecule has 2 nitrogen and oxygen atoms in total. The average molecular weight is 254 g/mol. The zero-order valence-corrected chi connectivity index (χ0v) is 12.2. The van der Waals surface area contributed by atoms with Gasteiger partial charge < -0.3 is 5.32 Å². The van der Waals surface area contributed by atoms with Crippen LogP contribution >= 0.6 is 11.8 Å². The summed E-state index contributed by atoms with van der Waals surface area (Å²) in [6.45, 7) is 6.96. The summed E-state index contributed by atoms with van der Waals surface area (Å²) in [6.07, 6.45) is 6.66. The number of thioether (sulfide) groups is 1. The fourth-order valence-corrected chi connectivity index (χ4v) is 4.10. The second-order valence-corrected chi connectivity index (χ2v) is 6.76. The van der Waals surface area contributed by atoms with E-state index < -0.39 is 0 Å². The van der Waals surface area contributed by atoms with Gasteiger partial charge in [0.2, 0.25) is 0 Å². The normalized spacial score (nSPS) is 36.5. The van der Waals surface area contributed by atoms with Gasteiger partial charge in [-0.3, -0.25) is 4.99 Å². The van der Waals surface area contributed by atoms with E-state index in [1.165, 1.54) is 43.0 Å². The number of hydrogen-bond donors (Lipinski definition) is 1. The minimum atomic E-state index is 0.578. The SMILES string of the molecule is CCC1CSC(=NC2CCCCC2C(C)C)N1. The maximum absolute atomic E-state index is 5.00. The summed E-state index contributed by atoms with van der Waals surface area (Å²) in [4.78, 5) is 5.00. The highest BCUT2D eigenvalue weighted by atomic mass is 32.2. The Morgan fingerprint density at radius 1 is 1.35 bits per heavy atom. The third kappa shape index (κ3) is 3.40. The summed E-state index contributed by atoms with van der Waals surface area (Å²) in [7, 11) is 0. The first kappa shape index (κ1) is 13.3. The van der Waals surface area contributed by atoms with Gasteiger partial charge in [0.1, 0.15) is 0 Å². The quantitative estimate of drug-likeness (QED) is 0.831. The van der Waals surface area contributed by atoms with E-state index in [2.05, 4.69) is 26.1 Å². The van der Waals surface area contributed by atoms with E-state index in [1.54, 1.807) is 0 Å². The van der Waals surface area contributed by atoms with E-state index in [-0.39, 0.29) is 0 Å². The maximum Gasteiger partial charge on any atom is 0.157 e. The van der Waals surface area contributed by atoms with E-state index >= 15 is 0 Å². The molecule has 1 aliphatic heterocycles. The van der Waals surface area contributed by atoms with Crippen molar-refractivity contribution in [2.24, 2.45) is 16.8 Å². The van der Waals surface area contributed by atoms with E-state index in [1.807, 2.05) is 11.8 Å². The minimum absolute atomic E-state index is 0.578. The van der Waals surface area contributed by atoms with Gasteiger partial charge in [-0.25, -0.2) is 0 Å². The fraction of sp³-hybridized carbons (Fsp3) is 0.929. The number of nitrogens with zero attached hydrogens (tertiary/aromatic N) is 1. The van der Waals surface area contributed by atoms with Crippen LogP contribution in [0.25, 0.3) is 0 Å². The van der Waals surface area contributed by atoms with Crippen molar-refractivity contribution < 1.29 is 0 Å². The smallest absolute Gasteiger partial charge is 0.157 e. The van der Waals surface area contributed by atoms with Crippen LogP contribution < -0.4 is 5.32 Å². The van der Waals surface area contributed by atoms with E-state index in [0.717, 1.165) is 11.8 Å². The topological polar surface area (TPSA) is 24.4 Å². The molecule has 0 aromatic rings. The van der Waals surface area contributed by atoms with Crippen LogP contribution in [0.2, 0.25) is 0 Å². The molecule has 0 amide bonds. The molecule has 1 saturated heterocycles. The van der Waals surface area contributed by atoms with Gasteiger partial charge in [0, 0.05) is 11.8 Å². The molecular formula is C14H26N2S. The van der Waals surface area contributed by atoms with Crippen LogP contribution in [0, 0.1) is 11.8 Å². The van der Waals surface area contributed by atoms with Gasteiger partial charge in [0.15, 0.2) is 5.17 Å². The summed E-state index contributed by atoms with van der Waals surface area (Å²) in [5.41, 5.74) is 0. The lowest BCUT2D eigenvalue weighted by atomic mass is 9.78. The Balaban J connectivity index is 1.98. The molecule has 17 heavy (non-hydrogen) atoms. The second-order valence-electron chi connectivity index (χ2n) is 5.75. The summed E-state index contributed by atoms with van der Waals surface area (Å²) in [5, 5.41) is 4.78. The van der Waals surface area contributed by atoms with Crippen LogP contribution in [0.4, 0.5) is 0 Å². The third-order valence-electron chi connectivity index (χ3n) is 4.16. The highest BCUT2D eigenvalue weighted by Gasteiger charge is 2.28. The Bertz CT molecular complexity index is 275. The Hall–Kier alpha value is -0.180. The average Bonchev–Trinajstić information content (AvgIpc) is 2.77. The molecule has 2 aliphatic rings. The molecule has 2 fully saturated rings. The molecule has 3 atom stereocenters. The molecule has 0 radical (unpaired) electrons. The Kier molecular flexibility index (Phi) is 4.78. The van der Waals surface area contributed by atoms with Gasteiger partial charge in [-0.2, -0.15) is 0 Å². The van der Waals surface area contributed by atoms with Crippen molar-refractivity contribution in [3.63, 3.8) is 0 Å². The predicted molar refractivity (Wildman–Crippen MR) is 77.7 cm³/mol. The van der Waals surface area contributed by atoms with E-state index in [4.69, 9.17) is 4.99 Å². The molecule has 0 spiro atoms. The van der Waals surface area contributed by atoms with Crippen LogP contribution in [0.3, 0.4) is 0 Å². The van der Waals surface area contributed by atoms with Crippen molar-refractivity contribution in [3.8, 4) is 0 Å². The lowest BCUT2D eigenvalue weighted by Crippen LogP contribution is -2.31. The molecule has 0 bridgehead atoms. The zero-order valence-electron chi connectivity index (χ0n) is 11.4. The lowest BCUT2D eigenvalue weighted by Gasteiger charge is -2.32. The van der Waals surface area contributed by atoms with Gasteiger partial charge >= 0.3 is 0 Å². The minimum Gasteiger partial charge on any atom is -0.361 e. The molecule has 0 aromatic carbocycles. The number of rotatable bonds is 3. The van der Waals surface area contributed by atoms with Crippen molar-refractivity contribution in [2.75, 3.05) is 5.75 Å². The molecular weight excluding hydrogens is 228 g/mol. The first-order valence-corrected chi connectivity index (χ1v) is 8.16. The summed E-state index contributed by atoms with van der Waals surface area (Å²) in [5.74, 6) is 2.78. The molecule has 1 aliphatic carbocycles. The largest absolute Gasteiger partial charge is 0.361 e. The van der Waals surface area contributed by atoms with Gasteiger partial charge in [-0.1, -0.05) is 45.4 Å². The molecule has 1 heterocycles. The molecule has 98 valence electrons. The van der Waals surface area contributed by atoms with Crippen molar-refractivity contribution in [1.82, 2.24) is 5.32 Å². The maximum atomic E-state index is 5.00. The summed E-state index contributed by atoms with van der Waals surface area (Å²) < 4.78 is 0. The standard InChI is InChI=1S/C14H26N2S/c1-4-11-9-17-14(15-11)16-13-8-6-5-7-12(13)10(2)3/h10-13H,4-9H2,1-3H3,(H,15,16). The van der Waals surface area contributed by atoms with Gasteiger partial charge in [0.25, 0.3) is 0 Å². The van der Waals surface area contributed by atoms with Crippen molar-refractivity contribution >= 4 is 16.9 Å². The second kappa shape index (κ2) is 6.12. The Labute approximate surface area is 110 Å². The first-order valence-electron chi connectivity index (χ1n) is 7.17. The number of nitrogens with one attached hydrogen (secondary N) is 1. The molecule has 1 saturated carbocycles. The van der Waals surface area contributed by atoms with Crippen LogP contribution in [0.1, 0.15) is 52.9 Å². The monoisotopic (exact) mass is 254 g/mol. The van der Waals surface area contributed by atoms with Crippen LogP contribution in [0.5, 0.6) is 0 Å². The summed E-state index contributed by atoms with van der Waals surface area (Å²) in [6, 6.07) is 1.23. The van der Waals surface area contributed by atoms with E-state index in [0.29, 0.717) is 12.1 Å². The molecule has 3 unspecified atom stereocenters. The number of hydrogen-bond acceptors (Lipinski definition) is 2. The first-order chi connectivity index (χ1) is 8.20. The van der Waals surface area contributed by atoms with Crippen LogP contribution in [-0.2, 0) is 0 Å². The highest BCUT2D eigenvalue weighted by Crippen LogP contribution is 2.33. The van der Waals surface area contributed by atoms with Gasteiger partial charge in [0.05, 0.1) is 6.04 Å². The highest BCUT2D eigenvalue weighted by molar-refractivity contribution is 8.14. The van der Waals surface area contributed by atoms with Crippen molar-refractivity contribution in [2.45, 2.75) is 65.0 Å². The predicted octanol–water partition coefficient (Wildman–Crippen LogP) is 3.67. The number of amidine groups is 1. The Morgan fingerprint density at radius 2 is 2.12 bits per heavy atom. The van der Waals surface area contributed by atoms with Crippen LogP contribution in [0.15, 0.2) is 4.99 Å². The number of aliphatic imine (C=N–C) groups is 1. The molecule has 3 heteroatoms. The van der Waals surface area contributed by atoms with Crippen LogP contribution in [-0.4, -0.2) is 23.0 Å². The van der Waals surface area contributed by atoms with E-state index in [9.17, 15) is 0 Å². The molecule has 0 aromatic heterocycles. The Morgan fingerprint density at radius 3 is 2.76 bits per heavy atom. The third-order valence-corrected chi connectivity index (χ3v) is 5.23.